The van der Waals surface area contributed by atoms with E-state index in [1.54, 1.807) is 5.57 Å². The van der Waals surface area contributed by atoms with Crippen LogP contribution in [0.4, 0.5) is 4.79 Å². The Labute approximate surface area is 126 Å². The molecule has 0 saturated heterocycles. The lowest BCUT2D eigenvalue weighted by Crippen LogP contribution is -2.24. The molecule has 3 N–H and O–H groups in total. The molecule has 1 aliphatic carbocycles. The molecule has 0 saturated carbocycles. The Bertz CT molecular complexity index is 319. The van der Waals surface area contributed by atoms with E-state index in [1.807, 2.05) is 0 Å². The third-order valence-corrected chi connectivity index (χ3v) is 3.07. The zero-order valence-corrected chi connectivity index (χ0v) is 12.8. The number of ether oxygens (including phenoxy) is 1. The van der Waals surface area contributed by atoms with Crippen molar-refractivity contribution in [1.29, 1.82) is 0 Å². The SMILES string of the molecule is CCCCCCC1=CCCC=C1.O=C(O)OC(CO)CO. The van der Waals surface area contributed by atoms with Gasteiger partial charge in [-0.15, -0.1) is 0 Å². The molecular formula is C16H28O5. The molecule has 0 unspecified atom stereocenters. The minimum absolute atomic E-state index is 0.497. The van der Waals surface area contributed by atoms with Crippen molar-refractivity contribution < 1.29 is 24.9 Å². The van der Waals surface area contributed by atoms with Crippen LogP contribution in [-0.4, -0.2) is 40.8 Å². The summed E-state index contributed by atoms with van der Waals surface area (Å²) in [6, 6.07) is 0. The topological polar surface area (TPSA) is 87.0 Å². The molecule has 0 aromatic rings. The van der Waals surface area contributed by atoms with Crippen LogP contribution < -0.4 is 0 Å². The van der Waals surface area contributed by atoms with Crippen LogP contribution in [-0.2, 0) is 4.74 Å². The van der Waals surface area contributed by atoms with Crippen molar-refractivity contribution in [2.75, 3.05) is 13.2 Å². The molecule has 0 bridgehead atoms. The smallest absolute Gasteiger partial charge is 0.450 e. The first-order valence-electron chi connectivity index (χ1n) is 7.60. The molecule has 0 spiro atoms. The van der Waals surface area contributed by atoms with E-state index in [1.165, 1.54) is 44.9 Å². The number of carbonyl (C=O) groups is 1. The van der Waals surface area contributed by atoms with Crippen LogP contribution in [0.5, 0.6) is 0 Å². The predicted molar refractivity (Wildman–Crippen MR) is 82.3 cm³/mol. The molecular weight excluding hydrogens is 272 g/mol. The highest BCUT2D eigenvalue weighted by Gasteiger charge is 2.09. The maximum absolute atomic E-state index is 9.68. The van der Waals surface area contributed by atoms with Gasteiger partial charge in [-0.05, 0) is 25.7 Å². The van der Waals surface area contributed by atoms with Crippen LogP contribution in [0.25, 0.3) is 0 Å². The highest BCUT2D eigenvalue weighted by atomic mass is 16.7. The highest BCUT2D eigenvalue weighted by Crippen LogP contribution is 2.16. The van der Waals surface area contributed by atoms with E-state index in [-0.39, 0.29) is 0 Å². The lowest BCUT2D eigenvalue weighted by atomic mass is 10.0. The Morgan fingerprint density at radius 1 is 1.24 bits per heavy atom. The molecule has 1 rings (SSSR count). The van der Waals surface area contributed by atoms with E-state index in [4.69, 9.17) is 15.3 Å². The van der Waals surface area contributed by atoms with Gasteiger partial charge >= 0.3 is 6.16 Å². The summed E-state index contributed by atoms with van der Waals surface area (Å²) in [5.74, 6) is 0. The number of carboxylic acid groups (broad SMARTS) is 1. The second kappa shape index (κ2) is 13.6. The summed E-state index contributed by atoms with van der Waals surface area (Å²) in [6.45, 7) is 1.27. The third-order valence-electron chi connectivity index (χ3n) is 3.07. The summed E-state index contributed by atoms with van der Waals surface area (Å²) < 4.78 is 3.97. The normalized spacial score (nSPS) is 13.4. The standard InChI is InChI=1S/C12H20.C4H8O5/c1-2-3-4-6-9-12-10-7-5-8-11-12;5-1-3(2-6)9-4(7)8/h7,10-11H,2-6,8-9H2,1H3;3,5-6H,1-2H2,(H,7,8). The summed E-state index contributed by atoms with van der Waals surface area (Å²) in [5, 5.41) is 24.4. The Kier molecular flexibility index (Phi) is 12.8. The number of hydrogen-bond donors (Lipinski definition) is 3. The lowest BCUT2D eigenvalue weighted by molar-refractivity contribution is -0.00279. The van der Waals surface area contributed by atoms with E-state index in [9.17, 15) is 4.79 Å². The Balaban J connectivity index is 0.000000400. The third kappa shape index (κ3) is 12.1. The maximum atomic E-state index is 9.68. The largest absolute Gasteiger partial charge is 0.506 e. The van der Waals surface area contributed by atoms with Crippen molar-refractivity contribution in [1.82, 2.24) is 0 Å². The molecule has 0 fully saturated rings. The summed E-state index contributed by atoms with van der Waals surface area (Å²) in [7, 11) is 0. The van der Waals surface area contributed by atoms with Gasteiger partial charge in [0.1, 0.15) is 0 Å². The van der Waals surface area contributed by atoms with Crippen molar-refractivity contribution in [3.63, 3.8) is 0 Å². The fraction of sp³-hybridized carbons (Fsp3) is 0.688. The van der Waals surface area contributed by atoms with Gasteiger partial charge in [0.15, 0.2) is 6.10 Å². The van der Waals surface area contributed by atoms with Crippen LogP contribution in [0.15, 0.2) is 23.8 Å². The lowest BCUT2D eigenvalue weighted by Gasteiger charge is -2.07. The molecule has 0 heterocycles. The van der Waals surface area contributed by atoms with Gasteiger partial charge in [-0.1, -0.05) is 50.0 Å². The fourth-order valence-corrected chi connectivity index (χ4v) is 1.88. The molecule has 5 heteroatoms. The molecule has 1 aliphatic rings. The van der Waals surface area contributed by atoms with Gasteiger partial charge in [0.05, 0.1) is 13.2 Å². The van der Waals surface area contributed by atoms with E-state index in [2.05, 4.69) is 29.9 Å². The van der Waals surface area contributed by atoms with E-state index < -0.39 is 25.5 Å². The van der Waals surface area contributed by atoms with Crippen LogP contribution in [0.1, 0.15) is 51.9 Å². The molecule has 0 atom stereocenters. The van der Waals surface area contributed by atoms with Crippen LogP contribution in [0, 0.1) is 0 Å². The first-order chi connectivity index (χ1) is 10.1. The van der Waals surface area contributed by atoms with Crippen LogP contribution in [0.2, 0.25) is 0 Å². The molecule has 5 nitrogen and oxygen atoms in total. The van der Waals surface area contributed by atoms with Crippen LogP contribution in [0.3, 0.4) is 0 Å². The van der Waals surface area contributed by atoms with E-state index in [0.29, 0.717) is 0 Å². The zero-order valence-electron chi connectivity index (χ0n) is 12.8. The van der Waals surface area contributed by atoms with Gasteiger partial charge in [0, 0.05) is 0 Å². The molecule has 122 valence electrons. The van der Waals surface area contributed by atoms with Crippen molar-refractivity contribution in [3.05, 3.63) is 23.8 Å². The summed E-state index contributed by atoms with van der Waals surface area (Å²) in [4.78, 5) is 9.68. The number of rotatable bonds is 8. The van der Waals surface area contributed by atoms with E-state index in [0.717, 1.165) is 0 Å². The average Bonchev–Trinajstić information content (AvgIpc) is 2.51. The number of aliphatic hydroxyl groups excluding tert-OH is 2. The minimum atomic E-state index is -1.50. The summed E-state index contributed by atoms with van der Waals surface area (Å²) >= 11 is 0. The molecule has 21 heavy (non-hydrogen) atoms. The first kappa shape index (κ1) is 19.7. The Hall–Kier alpha value is -1.33. The monoisotopic (exact) mass is 300 g/mol. The second-order valence-corrected chi connectivity index (χ2v) is 4.94. The Morgan fingerprint density at radius 3 is 2.38 bits per heavy atom. The van der Waals surface area contributed by atoms with Gasteiger partial charge in [-0.2, -0.15) is 0 Å². The molecule has 0 aromatic carbocycles. The number of aliphatic hydroxyl groups is 2. The van der Waals surface area contributed by atoms with Gasteiger partial charge in [-0.25, -0.2) is 4.79 Å². The summed E-state index contributed by atoms with van der Waals surface area (Å²) in [6.07, 6.45) is 13.8. The van der Waals surface area contributed by atoms with E-state index >= 15 is 0 Å². The maximum Gasteiger partial charge on any atom is 0.506 e. The van der Waals surface area contributed by atoms with Gasteiger partial charge in [0.2, 0.25) is 0 Å². The number of unbranched alkanes of at least 4 members (excludes halogenated alkanes) is 3. The van der Waals surface area contributed by atoms with Crippen molar-refractivity contribution in [2.24, 2.45) is 0 Å². The van der Waals surface area contributed by atoms with Crippen molar-refractivity contribution in [2.45, 2.75) is 58.0 Å². The number of allylic oxidation sites excluding steroid dienone is 4. The second-order valence-electron chi connectivity index (χ2n) is 4.94. The van der Waals surface area contributed by atoms with Crippen molar-refractivity contribution >= 4 is 6.16 Å². The molecule has 0 aromatic heterocycles. The van der Waals surface area contributed by atoms with Crippen molar-refractivity contribution in [3.8, 4) is 0 Å². The highest BCUT2D eigenvalue weighted by molar-refractivity contribution is 5.57. The average molecular weight is 300 g/mol. The quantitative estimate of drug-likeness (QED) is 0.473. The Morgan fingerprint density at radius 2 is 1.95 bits per heavy atom. The van der Waals surface area contributed by atoms with Crippen LogP contribution >= 0.6 is 0 Å². The minimum Gasteiger partial charge on any atom is -0.450 e. The van der Waals surface area contributed by atoms with Gasteiger partial charge < -0.3 is 20.1 Å². The predicted octanol–water partition coefficient (Wildman–Crippen LogP) is 3.27. The first-order valence-corrected chi connectivity index (χ1v) is 7.60. The van der Waals surface area contributed by atoms with Gasteiger partial charge in [-0.3, -0.25) is 0 Å². The molecule has 0 radical (unpaired) electrons. The molecule has 0 amide bonds. The number of hydrogen-bond acceptors (Lipinski definition) is 4. The zero-order chi connectivity index (χ0) is 15.9. The summed E-state index contributed by atoms with van der Waals surface area (Å²) in [5.41, 5.74) is 1.57. The molecule has 0 aliphatic heterocycles. The van der Waals surface area contributed by atoms with Gasteiger partial charge in [0.25, 0.3) is 0 Å². The fourth-order valence-electron chi connectivity index (χ4n) is 1.88.